The van der Waals surface area contributed by atoms with E-state index in [1.165, 1.54) is 0 Å². The Morgan fingerprint density at radius 1 is 1.18 bits per heavy atom. The highest BCUT2D eigenvalue weighted by atomic mass is 32.2. The molecule has 4 nitrogen and oxygen atoms in total. The van der Waals surface area contributed by atoms with Crippen LogP contribution in [0.4, 0.5) is 0 Å². The molecule has 0 atom stereocenters. The minimum Gasteiger partial charge on any atom is -0.317 e. The predicted molar refractivity (Wildman–Crippen MR) is 71.5 cm³/mol. The van der Waals surface area contributed by atoms with E-state index >= 15 is 0 Å². The fourth-order valence-electron chi connectivity index (χ4n) is 2.25. The summed E-state index contributed by atoms with van der Waals surface area (Å²) in [5.74, 6) is 0.369. The Bertz CT molecular complexity index is 319. The summed E-state index contributed by atoms with van der Waals surface area (Å²) in [7, 11) is -3.13. The Morgan fingerprint density at radius 2 is 1.71 bits per heavy atom. The Kier molecular flexibility index (Phi) is 5.41. The summed E-state index contributed by atoms with van der Waals surface area (Å²) >= 11 is 0. The predicted octanol–water partition coefficient (Wildman–Crippen LogP) is 1.43. The van der Waals surface area contributed by atoms with Gasteiger partial charge in [0.05, 0.1) is 5.25 Å². The van der Waals surface area contributed by atoms with Gasteiger partial charge >= 0.3 is 0 Å². The zero-order chi connectivity index (χ0) is 13.1. The average Bonchev–Trinajstić information content (AvgIpc) is 2.26. The van der Waals surface area contributed by atoms with E-state index in [0.717, 1.165) is 25.9 Å². The first-order valence-electron chi connectivity index (χ1n) is 6.57. The lowest BCUT2D eigenvalue weighted by Gasteiger charge is -2.33. The van der Waals surface area contributed by atoms with Gasteiger partial charge in [-0.05, 0) is 45.7 Å². The van der Waals surface area contributed by atoms with Crippen molar-refractivity contribution in [2.75, 3.05) is 19.6 Å². The summed E-state index contributed by atoms with van der Waals surface area (Å²) in [5, 5.41) is 3.02. The molecule has 0 amide bonds. The Balaban J connectivity index is 2.83. The monoisotopic (exact) mass is 262 g/mol. The number of nitrogens with one attached hydrogen (secondary N) is 1. The Morgan fingerprint density at radius 3 is 2.12 bits per heavy atom. The van der Waals surface area contributed by atoms with Gasteiger partial charge in [-0.1, -0.05) is 13.8 Å². The smallest absolute Gasteiger partial charge is 0.217 e. The first-order valence-corrected chi connectivity index (χ1v) is 8.07. The molecule has 0 bridgehead atoms. The van der Waals surface area contributed by atoms with E-state index in [4.69, 9.17) is 0 Å². The Hall–Kier alpha value is -0.130. The number of hydrogen-bond donors (Lipinski definition) is 1. The van der Waals surface area contributed by atoms with E-state index in [0.29, 0.717) is 12.5 Å². The molecule has 1 aliphatic heterocycles. The van der Waals surface area contributed by atoms with Crippen LogP contribution in [0.25, 0.3) is 0 Å². The van der Waals surface area contributed by atoms with Crippen LogP contribution in [0.3, 0.4) is 0 Å². The molecule has 1 saturated heterocycles. The molecular formula is C12H26N2O2S. The quantitative estimate of drug-likeness (QED) is 0.815. The highest BCUT2D eigenvalue weighted by Gasteiger charge is 2.34. The van der Waals surface area contributed by atoms with Crippen molar-refractivity contribution < 1.29 is 8.42 Å². The van der Waals surface area contributed by atoms with E-state index in [-0.39, 0.29) is 11.3 Å². The van der Waals surface area contributed by atoms with Crippen molar-refractivity contribution >= 4 is 10.0 Å². The van der Waals surface area contributed by atoms with Gasteiger partial charge in [0, 0.05) is 12.6 Å². The summed E-state index contributed by atoms with van der Waals surface area (Å²) < 4.78 is 26.8. The third-order valence-corrected chi connectivity index (χ3v) is 5.69. The molecule has 1 N–H and O–H groups in total. The van der Waals surface area contributed by atoms with E-state index in [1.54, 1.807) is 4.31 Å². The van der Waals surface area contributed by atoms with E-state index in [2.05, 4.69) is 19.2 Å². The lowest BCUT2D eigenvalue weighted by molar-refractivity contribution is 0.310. The molecule has 1 heterocycles. The van der Waals surface area contributed by atoms with E-state index in [1.807, 2.05) is 13.8 Å². The molecular weight excluding hydrogens is 236 g/mol. The van der Waals surface area contributed by atoms with Crippen molar-refractivity contribution in [3.63, 3.8) is 0 Å². The van der Waals surface area contributed by atoms with Crippen LogP contribution in [0.1, 0.15) is 40.5 Å². The van der Waals surface area contributed by atoms with Crippen molar-refractivity contribution in [1.82, 2.24) is 9.62 Å². The maximum absolute atomic E-state index is 12.6. The molecule has 1 aliphatic rings. The van der Waals surface area contributed by atoms with Gasteiger partial charge in [-0.2, -0.15) is 4.31 Å². The first-order chi connectivity index (χ1) is 7.85. The third-order valence-electron chi connectivity index (χ3n) is 3.16. The van der Waals surface area contributed by atoms with Crippen LogP contribution in [-0.2, 0) is 10.0 Å². The SMILES string of the molecule is CC(C)CN(C(C)C)S(=O)(=O)C1CCNCC1. The summed E-state index contributed by atoms with van der Waals surface area (Å²) in [6.07, 6.45) is 1.48. The third kappa shape index (κ3) is 3.93. The molecule has 0 aromatic heterocycles. The van der Waals surface area contributed by atoms with Crippen molar-refractivity contribution in [2.45, 2.75) is 51.8 Å². The number of rotatable bonds is 5. The lowest BCUT2D eigenvalue weighted by atomic mass is 10.2. The minimum absolute atomic E-state index is 0.0530. The molecule has 1 fully saturated rings. The van der Waals surface area contributed by atoms with Gasteiger partial charge in [-0.25, -0.2) is 8.42 Å². The zero-order valence-corrected chi connectivity index (χ0v) is 12.3. The molecule has 17 heavy (non-hydrogen) atoms. The van der Waals surface area contributed by atoms with Crippen LogP contribution in [0, 0.1) is 5.92 Å². The molecule has 102 valence electrons. The van der Waals surface area contributed by atoms with Crippen molar-refractivity contribution in [3.05, 3.63) is 0 Å². The van der Waals surface area contributed by atoms with Gasteiger partial charge in [-0.15, -0.1) is 0 Å². The van der Waals surface area contributed by atoms with E-state index in [9.17, 15) is 8.42 Å². The molecule has 5 heteroatoms. The van der Waals surface area contributed by atoms with Crippen LogP contribution in [0.15, 0.2) is 0 Å². The summed E-state index contributed by atoms with van der Waals surface area (Å²) in [6, 6.07) is 0.0530. The number of sulfonamides is 1. The fraction of sp³-hybridized carbons (Fsp3) is 1.00. The van der Waals surface area contributed by atoms with Gasteiger partial charge in [0.15, 0.2) is 0 Å². The maximum atomic E-state index is 12.6. The van der Waals surface area contributed by atoms with Crippen molar-refractivity contribution in [1.29, 1.82) is 0 Å². The largest absolute Gasteiger partial charge is 0.317 e. The first kappa shape index (κ1) is 14.9. The van der Waals surface area contributed by atoms with Crippen LogP contribution < -0.4 is 5.32 Å². The Labute approximate surface area is 106 Å². The average molecular weight is 262 g/mol. The molecule has 0 aromatic rings. The topological polar surface area (TPSA) is 49.4 Å². The highest BCUT2D eigenvalue weighted by molar-refractivity contribution is 7.89. The van der Waals surface area contributed by atoms with Crippen LogP contribution in [0.2, 0.25) is 0 Å². The standard InChI is InChI=1S/C12H26N2O2S/c1-10(2)9-14(11(3)4)17(15,16)12-5-7-13-8-6-12/h10-13H,5-9H2,1-4H3. The maximum Gasteiger partial charge on any atom is 0.217 e. The van der Waals surface area contributed by atoms with Gasteiger partial charge in [-0.3, -0.25) is 0 Å². The lowest BCUT2D eigenvalue weighted by Crippen LogP contribution is -2.47. The van der Waals surface area contributed by atoms with Crippen LogP contribution in [0.5, 0.6) is 0 Å². The summed E-state index contributed by atoms with van der Waals surface area (Å²) in [5.41, 5.74) is 0. The molecule has 0 radical (unpaired) electrons. The molecule has 0 spiro atoms. The van der Waals surface area contributed by atoms with Gasteiger partial charge in [0.1, 0.15) is 0 Å². The van der Waals surface area contributed by atoms with Gasteiger partial charge < -0.3 is 5.32 Å². The number of piperidine rings is 1. The fourth-order valence-corrected chi connectivity index (χ4v) is 4.56. The van der Waals surface area contributed by atoms with Crippen molar-refractivity contribution in [3.8, 4) is 0 Å². The normalized spacial score (nSPS) is 19.5. The second kappa shape index (κ2) is 6.16. The molecule has 0 saturated carbocycles. The zero-order valence-electron chi connectivity index (χ0n) is 11.4. The van der Waals surface area contributed by atoms with Crippen LogP contribution in [-0.4, -0.2) is 43.6 Å². The highest BCUT2D eigenvalue weighted by Crippen LogP contribution is 2.21. The van der Waals surface area contributed by atoms with E-state index < -0.39 is 10.0 Å². The molecule has 0 unspecified atom stereocenters. The summed E-state index contributed by atoms with van der Waals surface area (Å²) in [4.78, 5) is 0. The molecule has 0 aliphatic carbocycles. The number of nitrogens with zero attached hydrogens (tertiary/aromatic N) is 1. The second-order valence-corrected chi connectivity index (χ2v) is 7.72. The summed E-state index contributed by atoms with van der Waals surface area (Å²) in [6.45, 7) is 10.3. The van der Waals surface area contributed by atoms with Gasteiger partial charge in [0.2, 0.25) is 10.0 Å². The van der Waals surface area contributed by atoms with Gasteiger partial charge in [0.25, 0.3) is 0 Å². The second-order valence-electron chi connectivity index (χ2n) is 5.55. The number of hydrogen-bond acceptors (Lipinski definition) is 3. The molecule has 1 rings (SSSR count). The van der Waals surface area contributed by atoms with Crippen molar-refractivity contribution in [2.24, 2.45) is 5.92 Å². The van der Waals surface area contributed by atoms with Crippen LogP contribution >= 0.6 is 0 Å². The minimum atomic E-state index is -3.13. The molecule has 0 aromatic carbocycles.